The van der Waals surface area contributed by atoms with Crippen LogP contribution in [-0.4, -0.2) is 12.8 Å². The number of benzene rings is 1. The van der Waals surface area contributed by atoms with Gasteiger partial charge in [0.1, 0.15) is 6.29 Å². The van der Waals surface area contributed by atoms with Gasteiger partial charge in [0.15, 0.2) is 0 Å². The van der Waals surface area contributed by atoms with Gasteiger partial charge in [-0.2, -0.15) is 10.2 Å². The van der Waals surface area contributed by atoms with Crippen LogP contribution in [0.5, 0.6) is 0 Å². The van der Waals surface area contributed by atoms with Crippen molar-refractivity contribution in [3.05, 3.63) is 30.3 Å². The Labute approximate surface area is 83.9 Å². The predicted molar refractivity (Wildman–Crippen MR) is 55.7 cm³/mol. The van der Waals surface area contributed by atoms with E-state index in [1.54, 1.807) is 0 Å². The summed E-state index contributed by atoms with van der Waals surface area (Å²) in [6.45, 7) is 0.697. The average molecular weight is 190 g/mol. The molecule has 0 saturated heterocycles. The Hall–Kier alpha value is -1.51. The Kier molecular flexibility index (Phi) is 5.25. The van der Waals surface area contributed by atoms with Crippen molar-refractivity contribution in [2.75, 3.05) is 6.54 Å². The minimum Gasteiger partial charge on any atom is -0.303 e. The number of hydrogen-bond donors (Lipinski definition) is 0. The molecular formula is C11H14N2O. The SMILES string of the molecule is O=CCCCCN=Nc1ccccc1. The monoisotopic (exact) mass is 190 g/mol. The van der Waals surface area contributed by atoms with E-state index in [-0.39, 0.29) is 0 Å². The van der Waals surface area contributed by atoms with Gasteiger partial charge in [-0.3, -0.25) is 0 Å². The Balaban J connectivity index is 2.18. The largest absolute Gasteiger partial charge is 0.303 e. The highest BCUT2D eigenvalue weighted by Gasteiger charge is 1.87. The van der Waals surface area contributed by atoms with Crippen LogP contribution < -0.4 is 0 Å². The van der Waals surface area contributed by atoms with E-state index in [9.17, 15) is 4.79 Å². The van der Waals surface area contributed by atoms with Crippen molar-refractivity contribution in [1.82, 2.24) is 0 Å². The van der Waals surface area contributed by atoms with Gasteiger partial charge < -0.3 is 4.79 Å². The maximum absolute atomic E-state index is 10.0. The van der Waals surface area contributed by atoms with Crippen molar-refractivity contribution >= 4 is 12.0 Å². The van der Waals surface area contributed by atoms with Gasteiger partial charge in [0.2, 0.25) is 0 Å². The molecule has 3 heteroatoms. The molecule has 3 nitrogen and oxygen atoms in total. The average Bonchev–Trinajstić information content (AvgIpc) is 2.25. The van der Waals surface area contributed by atoms with E-state index in [1.165, 1.54) is 0 Å². The minimum atomic E-state index is 0.626. The molecular weight excluding hydrogens is 176 g/mol. The number of azo groups is 1. The van der Waals surface area contributed by atoms with E-state index >= 15 is 0 Å². The normalized spacial score (nSPS) is 10.6. The highest BCUT2D eigenvalue weighted by atomic mass is 16.1. The number of hydrogen-bond acceptors (Lipinski definition) is 3. The lowest BCUT2D eigenvalue weighted by Gasteiger charge is -1.91. The lowest BCUT2D eigenvalue weighted by molar-refractivity contribution is -0.107. The molecule has 0 aliphatic carbocycles. The molecule has 0 N–H and O–H groups in total. The summed E-state index contributed by atoms with van der Waals surface area (Å²) in [7, 11) is 0. The Morgan fingerprint density at radius 2 is 1.93 bits per heavy atom. The summed E-state index contributed by atoms with van der Waals surface area (Å²) in [5, 5.41) is 8.06. The third-order valence-electron chi connectivity index (χ3n) is 1.77. The summed E-state index contributed by atoms with van der Waals surface area (Å²) in [5.74, 6) is 0. The van der Waals surface area contributed by atoms with Crippen molar-refractivity contribution < 1.29 is 4.79 Å². The van der Waals surface area contributed by atoms with E-state index in [4.69, 9.17) is 0 Å². The van der Waals surface area contributed by atoms with Crippen molar-refractivity contribution in [3.8, 4) is 0 Å². The summed E-state index contributed by atoms with van der Waals surface area (Å²) < 4.78 is 0. The van der Waals surface area contributed by atoms with Gasteiger partial charge in [0.05, 0.1) is 12.2 Å². The number of aldehydes is 1. The van der Waals surface area contributed by atoms with Crippen molar-refractivity contribution in [1.29, 1.82) is 0 Å². The van der Waals surface area contributed by atoms with E-state index < -0.39 is 0 Å². The van der Waals surface area contributed by atoms with Crippen LogP contribution in [-0.2, 0) is 4.79 Å². The van der Waals surface area contributed by atoms with Crippen LogP contribution in [0, 0.1) is 0 Å². The van der Waals surface area contributed by atoms with Gasteiger partial charge in [0.25, 0.3) is 0 Å². The molecule has 14 heavy (non-hydrogen) atoms. The zero-order chi connectivity index (χ0) is 10.1. The molecule has 1 rings (SSSR count). The van der Waals surface area contributed by atoms with Gasteiger partial charge in [-0.1, -0.05) is 18.2 Å². The van der Waals surface area contributed by atoms with Crippen LogP contribution in [0.25, 0.3) is 0 Å². The number of unbranched alkanes of at least 4 members (excludes halogenated alkanes) is 2. The van der Waals surface area contributed by atoms with E-state index in [0.717, 1.165) is 24.8 Å². The number of rotatable bonds is 6. The zero-order valence-corrected chi connectivity index (χ0v) is 8.10. The second-order valence-corrected chi connectivity index (χ2v) is 2.96. The second kappa shape index (κ2) is 6.95. The van der Waals surface area contributed by atoms with Gasteiger partial charge in [0, 0.05) is 6.42 Å². The second-order valence-electron chi connectivity index (χ2n) is 2.96. The third kappa shape index (κ3) is 4.50. The molecule has 0 radical (unpaired) electrons. The molecule has 0 amide bonds. The van der Waals surface area contributed by atoms with Crippen LogP contribution in [0.1, 0.15) is 19.3 Å². The van der Waals surface area contributed by atoms with Crippen LogP contribution in [0.4, 0.5) is 5.69 Å². The van der Waals surface area contributed by atoms with Gasteiger partial charge in [-0.15, -0.1) is 0 Å². The fourth-order valence-corrected chi connectivity index (χ4v) is 1.04. The highest BCUT2D eigenvalue weighted by molar-refractivity contribution is 5.48. The highest BCUT2D eigenvalue weighted by Crippen LogP contribution is 2.10. The molecule has 0 saturated carbocycles. The van der Waals surface area contributed by atoms with Crippen molar-refractivity contribution in [2.45, 2.75) is 19.3 Å². The van der Waals surface area contributed by atoms with Gasteiger partial charge in [-0.05, 0) is 25.0 Å². The van der Waals surface area contributed by atoms with Crippen LogP contribution in [0.15, 0.2) is 40.6 Å². The third-order valence-corrected chi connectivity index (χ3v) is 1.77. The first kappa shape index (κ1) is 10.6. The van der Waals surface area contributed by atoms with Crippen LogP contribution in [0.2, 0.25) is 0 Å². The summed E-state index contributed by atoms with van der Waals surface area (Å²) in [4.78, 5) is 10.0. The molecule has 0 bridgehead atoms. The fourth-order valence-electron chi connectivity index (χ4n) is 1.04. The quantitative estimate of drug-likeness (QED) is 0.386. The molecule has 0 aliphatic heterocycles. The molecule has 0 atom stereocenters. The minimum absolute atomic E-state index is 0.626. The van der Waals surface area contributed by atoms with Crippen LogP contribution in [0.3, 0.4) is 0 Å². The van der Waals surface area contributed by atoms with Crippen molar-refractivity contribution in [2.24, 2.45) is 10.2 Å². The van der Waals surface area contributed by atoms with E-state index in [1.807, 2.05) is 30.3 Å². The number of nitrogens with zero attached hydrogens (tertiary/aromatic N) is 2. The van der Waals surface area contributed by atoms with Crippen LogP contribution >= 0.6 is 0 Å². The van der Waals surface area contributed by atoms with Gasteiger partial charge in [-0.25, -0.2) is 0 Å². The lowest BCUT2D eigenvalue weighted by atomic mass is 10.2. The molecule has 0 aromatic heterocycles. The summed E-state index contributed by atoms with van der Waals surface area (Å²) in [6, 6.07) is 9.63. The summed E-state index contributed by atoms with van der Waals surface area (Å²) in [5.41, 5.74) is 0.878. The Bertz CT molecular complexity index is 283. The molecule has 0 aliphatic rings. The predicted octanol–water partition coefficient (Wildman–Crippen LogP) is 3.14. The maximum atomic E-state index is 10.0. The number of carbonyl (C=O) groups excluding carboxylic acids is 1. The van der Waals surface area contributed by atoms with E-state index in [2.05, 4.69) is 10.2 Å². The molecule has 1 aromatic carbocycles. The summed E-state index contributed by atoms with van der Waals surface area (Å²) in [6.07, 6.45) is 3.39. The van der Waals surface area contributed by atoms with Gasteiger partial charge >= 0.3 is 0 Å². The van der Waals surface area contributed by atoms with Crippen molar-refractivity contribution in [3.63, 3.8) is 0 Å². The topological polar surface area (TPSA) is 41.8 Å². The molecule has 0 unspecified atom stereocenters. The first-order chi connectivity index (χ1) is 6.93. The first-order valence-corrected chi connectivity index (χ1v) is 4.79. The lowest BCUT2D eigenvalue weighted by Crippen LogP contribution is -1.81. The molecule has 0 spiro atoms. The standard InChI is InChI=1S/C11H14N2O/c14-10-6-2-5-9-12-13-11-7-3-1-4-8-11/h1,3-4,7-8,10H,2,5-6,9H2. The Morgan fingerprint density at radius 3 is 2.64 bits per heavy atom. The first-order valence-electron chi connectivity index (χ1n) is 4.79. The molecule has 0 heterocycles. The Morgan fingerprint density at radius 1 is 1.14 bits per heavy atom. The molecule has 74 valence electrons. The molecule has 1 aromatic rings. The summed E-state index contributed by atoms with van der Waals surface area (Å²) >= 11 is 0. The number of carbonyl (C=O) groups is 1. The molecule has 0 fully saturated rings. The zero-order valence-electron chi connectivity index (χ0n) is 8.10. The maximum Gasteiger partial charge on any atom is 0.119 e. The smallest absolute Gasteiger partial charge is 0.119 e. The van der Waals surface area contributed by atoms with E-state index in [0.29, 0.717) is 13.0 Å². The fraction of sp³-hybridized carbons (Fsp3) is 0.364.